The van der Waals surface area contributed by atoms with Gasteiger partial charge in [0, 0.05) is 43.0 Å². The standard InChI is InChI=1S/C31H38F2N6O3S/c1-6-23(32)29(36-20(3)35-24-12-9-14-27(28(24)33)43(5,41)42)22-19-34-30-21(22)11-8-13-25(30)37-31(40)26(7-2)39-16-10-15-38(4)17-18-39/h6,8-9,11-14,19,26,34-35H,3,7,10,15-18H2,1-2,4-5H3,(H,37,40)/b23-6+,36-29?/t26-/m1/s1. The topological polar surface area (TPSA) is 110 Å². The van der Waals surface area contributed by atoms with E-state index in [0.29, 0.717) is 28.6 Å². The molecule has 2 heterocycles. The number of allylic oxidation sites excluding steroid dienone is 2. The van der Waals surface area contributed by atoms with Gasteiger partial charge in [-0.15, -0.1) is 0 Å². The van der Waals surface area contributed by atoms with Crippen molar-refractivity contribution in [2.75, 3.05) is 50.1 Å². The average molecular weight is 613 g/mol. The highest BCUT2D eigenvalue weighted by atomic mass is 32.2. The molecule has 1 aliphatic heterocycles. The molecule has 1 atom stereocenters. The van der Waals surface area contributed by atoms with E-state index in [4.69, 9.17) is 0 Å². The Morgan fingerprint density at radius 1 is 1.14 bits per heavy atom. The van der Waals surface area contributed by atoms with Gasteiger partial charge in [0.05, 0.1) is 22.9 Å². The van der Waals surface area contributed by atoms with E-state index in [1.807, 2.05) is 6.92 Å². The third kappa shape index (κ3) is 7.38. The summed E-state index contributed by atoms with van der Waals surface area (Å²) in [5.74, 6) is -1.86. The fourth-order valence-corrected chi connectivity index (χ4v) is 6.01. The SMILES string of the molecule is C=C(N=C(/C(F)=C\C)c1c[nH]c2c(NC(=O)[C@@H](CC)N3CCCN(C)CC3)cccc12)Nc1cccc(S(C)(=O)=O)c1F. The van der Waals surface area contributed by atoms with Crippen molar-refractivity contribution in [2.45, 2.75) is 37.6 Å². The van der Waals surface area contributed by atoms with Gasteiger partial charge in [-0.3, -0.25) is 9.69 Å². The van der Waals surface area contributed by atoms with Crippen molar-refractivity contribution in [1.82, 2.24) is 14.8 Å². The molecule has 0 unspecified atom stereocenters. The second kappa shape index (κ2) is 13.6. The van der Waals surface area contributed by atoms with E-state index in [-0.39, 0.29) is 29.2 Å². The van der Waals surface area contributed by atoms with Gasteiger partial charge in [0.15, 0.2) is 15.7 Å². The number of halogens is 2. The van der Waals surface area contributed by atoms with Crippen LogP contribution >= 0.6 is 0 Å². The highest BCUT2D eigenvalue weighted by Crippen LogP contribution is 2.29. The second-order valence-corrected chi connectivity index (χ2v) is 12.6. The maximum atomic E-state index is 15.2. The first-order valence-electron chi connectivity index (χ1n) is 14.1. The number of rotatable bonds is 10. The number of likely N-dealkylation sites (N-methyl/N-ethyl adjacent to an activating group) is 1. The van der Waals surface area contributed by atoms with Crippen LogP contribution < -0.4 is 10.6 Å². The Morgan fingerprint density at radius 2 is 1.86 bits per heavy atom. The number of benzene rings is 2. The smallest absolute Gasteiger partial charge is 0.241 e. The Hall–Kier alpha value is -3.87. The predicted octanol–water partition coefficient (Wildman–Crippen LogP) is 5.31. The molecule has 0 aliphatic carbocycles. The molecule has 1 fully saturated rings. The quantitative estimate of drug-likeness (QED) is 0.268. The lowest BCUT2D eigenvalue weighted by Crippen LogP contribution is -2.45. The van der Waals surface area contributed by atoms with Crippen molar-refractivity contribution in [2.24, 2.45) is 4.99 Å². The third-order valence-electron chi connectivity index (χ3n) is 7.48. The minimum Gasteiger partial charge on any atom is -0.359 e. The lowest BCUT2D eigenvalue weighted by molar-refractivity contribution is -0.121. The molecule has 3 aromatic rings. The zero-order valence-corrected chi connectivity index (χ0v) is 25.7. The second-order valence-electron chi connectivity index (χ2n) is 10.6. The molecule has 0 saturated carbocycles. The summed E-state index contributed by atoms with van der Waals surface area (Å²) in [5, 5.41) is 6.32. The van der Waals surface area contributed by atoms with Crippen LogP contribution in [-0.2, 0) is 14.6 Å². The first-order valence-corrected chi connectivity index (χ1v) is 16.0. The van der Waals surface area contributed by atoms with E-state index >= 15 is 4.39 Å². The van der Waals surface area contributed by atoms with Crippen LogP contribution in [0.1, 0.15) is 32.3 Å². The molecule has 2 aromatic carbocycles. The summed E-state index contributed by atoms with van der Waals surface area (Å²) < 4.78 is 54.0. The number of aromatic amines is 1. The van der Waals surface area contributed by atoms with Crippen LogP contribution in [0.3, 0.4) is 0 Å². The Kier molecular flexibility index (Phi) is 10.2. The lowest BCUT2D eigenvalue weighted by Gasteiger charge is -2.28. The van der Waals surface area contributed by atoms with Gasteiger partial charge in [-0.25, -0.2) is 22.2 Å². The van der Waals surface area contributed by atoms with Gasteiger partial charge < -0.3 is 20.5 Å². The molecule has 230 valence electrons. The molecule has 1 aliphatic rings. The van der Waals surface area contributed by atoms with E-state index in [1.54, 1.807) is 24.4 Å². The van der Waals surface area contributed by atoms with Gasteiger partial charge in [0.2, 0.25) is 5.91 Å². The molecule has 4 rings (SSSR count). The summed E-state index contributed by atoms with van der Waals surface area (Å²) in [6.07, 6.45) is 5.39. The molecule has 1 saturated heterocycles. The van der Waals surface area contributed by atoms with Crippen molar-refractivity contribution < 1.29 is 22.0 Å². The number of H-pyrrole nitrogens is 1. The number of para-hydroxylation sites is 1. The zero-order valence-electron chi connectivity index (χ0n) is 24.9. The molecule has 0 bridgehead atoms. The van der Waals surface area contributed by atoms with Crippen LogP contribution in [0, 0.1) is 5.82 Å². The van der Waals surface area contributed by atoms with Gasteiger partial charge in [-0.1, -0.05) is 31.7 Å². The van der Waals surface area contributed by atoms with Gasteiger partial charge >= 0.3 is 0 Å². The third-order valence-corrected chi connectivity index (χ3v) is 8.60. The molecule has 0 spiro atoms. The largest absolute Gasteiger partial charge is 0.359 e. The average Bonchev–Trinajstić information content (AvgIpc) is 3.28. The minimum absolute atomic E-state index is 0.0745. The zero-order chi connectivity index (χ0) is 31.3. The van der Waals surface area contributed by atoms with Gasteiger partial charge in [-0.2, -0.15) is 0 Å². The Bertz CT molecular complexity index is 1680. The molecule has 1 amide bonds. The van der Waals surface area contributed by atoms with Crippen molar-refractivity contribution in [3.63, 3.8) is 0 Å². The fourth-order valence-electron chi connectivity index (χ4n) is 5.25. The highest BCUT2D eigenvalue weighted by Gasteiger charge is 2.27. The van der Waals surface area contributed by atoms with E-state index in [1.165, 1.54) is 25.1 Å². The molecule has 12 heteroatoms. The number of nitrogens with one attached hydrogen (secondary N) is 3. The summed E-state index contributed by atoms with van der Waals surface area (Å²) >= 11 is 0. The number of sulfone groups is 1. The monoisotopic (exact) mass is 612 g/mol. The number of fused-ring (bicyclic) bond motifs is 1. The number of aliphatic imine (C=N–C) groups is 1. The number of amides is 1. The molecule has 1 aromatic heterocycles. The van der Waals surface area contributed by atoms with Crippen LogP contribution in [0.15, 0.2) is 76.8 Å². The molecule has 0 radical (unpaired) electrons. The molecule has 43 heavy (non-hydrogen) atoms. The van der Waals surface area contributed by atoms with Crippen LogP contribution in [0.25, 0.3) is 10.9 Å². The minimum atomic E-state index is -3.81. The highest BCUT2D eigenvalue weighted by molar-refractivity contribution is 7.90. The Morgan fingerprint density at radius 3 is 2.56 bits per heavy atom. The summed E-state index contributed by atoms with van der Waals surface area (Å²) in [7, 11) is -1.73. The van der Waals surface area contributed by atoms with E-state index in [2.05, 4.69) is 44.0 Å². The van der Waals surface area contributed by atoms with Crippen LogP contribution in [0.5, 0.6) is 0 Å². The molecular weight excluding hydrogens is 574 g/mol. The molecule has 9 nitrogen and oxygen atoms in total. The van der Waals surface area contributed by atoms with E-state index in [0.717, 1.165) is 44.9 Å². The fraction of sp³-hybridized carbons (Fsp3) is 0.355. The van der Waals surface area contributed by atoms with Crippen molar-refractivity contribution in [3.8, 4) is 0 Å². The number of carbonyl (C=O) groups is 1. The number of hydrogen-bond acceptors (Lipinski definition) is 7. The normalized spacial score (nSPS) is 16.6. The van der Waals surface area contributed by atoms with Crippen molar-refractivity contribution >= 4 is 43.7 Å². The van der Waals surface area contributed by atoms with Crippen LogP contribution in [-0.4, -0.2) is 80.3 Å². The predicted molar refractivity (Wildman–Crippen MR) is 168 cm³/mol. The number of aromatic nitrogens is 1. The van der Waals surface area contributed by atoms with Crippen molar-refractivity contribution in [3.05, 3.63) is 78.3 Å². The van der Waals surface area contributed by atoms with Gasteiger partial charge in [-0.05, 0) is 57.6 Å². The number of anilines is 2. The maximum absolute atomic E-state index is 15.2. The molecular formula is C31H38F2N6O3S. The summed E-state index contributed by atoms with van der Waals surface area (Å²) in [5.41, 5.74) is 1.31. The van der Waals surface area contributed by atoms with Gasteiger partial charge in [0.25, 0.3) is 0 Å². The Balaban J connectivity index is 1.63. The van der Waals surface area contributed by atoms with Crippen molar-refractivity contribution in [1.29, 1.82) is 0 Å². The Labute approximate surface area is 251 Å². The molecule has 3 N–H and O–H groups in total. The maximum Gasteiger partial charge on any atom is 0.241 e. The number of nitrogens with zero attached hydrogens (tertiary/aromatic N) is 3. The first kappa shape index (κ1) is 32.1. The van der Waals surface area contributed by atoms with E-state index < -0.39 is 26.4 Å². The summed E-state index contributed by atoms with van der Waals surface area (Å²) in [4.78, 5) is 24.9. The van der Waals surface area contributed by atoms with E-state index in [9.17, 15) is 17.6 Å². The summed E-state index contributed by atoms with van der Waals surface area (Å²) in [6, 6.07) is 8.92. The lowest BCUT2D eigenvalue weighted by atomic mass is 10.1. The van der Waals surface area contributed by atoms with Gasteiger partial charge in [0.1, 0.15) is 22.3 Å². The number of hydrogen-bond donors (Lipinski definition) is 3. The summed E-state index contributed by atoms with van der Waals surface area (Å²) in [6.45, 7) is 10.8. The first-order chi connectivity index (χ1) is 20.4. The number of carbonyl (C=O) groups excluding carboxylic acids is 1. The van der Waals surface area contributed by atoms with Crippen LogP contribution in [0.2, 0.25) is 0 Å². The van der Waals surface area contributed by atoms with Crippen LogP contribution in [0.4, 0.5) is 20.2 Å².